The van der Waals surface area contributed by atoms with Gasteiger partial charge in [0.2, 0.25) is 0 Å². The monoisotopic (exact) mass is 434 g/mol. The molecule has 4 nitrogen and oxygen atoms in total. The first-order chi connectivity index (χ1) is 16.1. The number of aromatic nitrogens is 4. The van der Waals surface area contributed by atoms with Gasteiger partial charge < -0.3 is 4.98 Å². The molecular weight excluding hydrogens is 411 g/mol. The minimum Gasteiger partial charge on any atom is -0.338 e. The van der Waals surface area contributed by atoms with Crippen molar-refractivity contribution >= 4 is 27.5 Å². The van der Waals surface area contributed by atoms with Crippen molar-refractivity contribution in [2.45, 2.75) is 13.8 Å². The van der Waals surface area contributed by atoms with E-state index < -0.39 is 0 Å². The fourth-order valence-electron chi connectivity index (χ4n) is 4.07. The molecule has 3 heterocycles. The van der Waals surface area contributed by atoms with Gasteiger partial charge in [-0.1, -0.05) is 48.6 Å². The minimum absolute atomic E-state index is 0.253. The first-order valence-electron chi connectivity index (χ1n) is 10.8. The van der Waals surface area contributed by atoms with Gasteiger partial charge in [-0.15, -0.1) is 0 Å². The number of nitrogens with one attached hydrogen (secondary N) is 2. The SMILES string of the molecule is C=C/C(C)=C\C(=C/C)c1ccc2[nH]nc(-c3cc4c(-c5ccc(F)cc5)ccnc4[nH]3)c2c1. The van der Waals surface area contributed by atoms with Gasteiger partial charge in [0, 0.05) is 17.0 Å². The van der Waals surface area contributed by atoms with Crippen molar-refractivity contribution in [3.05, 3.63) is 103 Å². The normalized spacial score (nSPS) is 12.6. The summed E-state index contributed by atoms with van der Waals surface area (Å²) in [6, 6.07) is 16.8. The van der Waals surface area contributed by atoms with Crippen molar-refractivity contribution in [1.29, 1.82) is 0 Å². The zero-order valence-electron chi connectivity index (χ0n) is 18.5. The highest BCUT2D eigenvalue weighted by atomic mass is 19.1. The third-order valence-electron chi connectivity index (χ3n) is 5.85. The number of allylic oxidation sites excluding steroid dienone is 5. The van der Waals surface area contributed by atoms with Gasteiger partial charge in [-0.2, -0.15) is 5.10 Å². The second kappa shape index (κ2) is 8.36. The maximum Gasteiger partial charge on any atom is 0.138 e. The summed E-state index contributed by atoms with van der Waals surface area (Å²) in [5.74, 6) is -0.253. The lowest BCUT2D eigenvalue weighted by Gasteiger charge is -2.04. The van der Waals surface area contributed by atoms with Crippen molar-refractivity contribution in [1.82, 2.24) is 20.2 Å². The van der Waals surface area contributed by atoms with Crippen molar-refractivity contribution < 1.29 is 4.39 Å². The van der Waals surface area contributed by atoms with Gasteiger partial charge in [-0.3, -0.25) is 5.10 Å². The Morgan fingerprint density at radius 3 is 2.61 bits per heavy atom. The minimum atomic E-state index is -0.253. The quantitative estimate of drug-likeness (QED) is 0.282. The summed E-state index contributed by atoms with van der Waals surface area (Å²) in [7, 11) is 0. The third kappa shape index (κ3) is 3.78. The van der Waals surface area contributed by atoms with Crippen LogP contribution in [0.25, 0.3) is 50.0 Å². The molecular formula is C28H23FN4. The van der Waals surface area contributed by atoms with Crippen LogP contribution in [-0.2, 0) is 0 Å². The molecule has 0 aliphatic rings. The van der Waals surface area contributed by atoms with E-state index in [1.165, 1.54) is 12.1 Å². The van der Waals surface area contributed by atoms with Crippen LogP contribution < -0.4 is 0 Å². The summed E-state index contributed by atoms with van der Waals surface area (Å²) in [6.07, 6.45) is 7.82. The van der Waals surface area contributed by atoms with Crippen LogP contribution in [0.2, 0.25) is 0 Å². The number of aromatic amines is 2. The molecule has 0 aliphatic carbocycles. The maximum absolute atomic E-state index is 13.4. The molecule has 5 aromatic rings. The van der Waals surface area contributed by atoms with E-state index in [9.17, 15) is 4.39 Å². The molecule has 162 valence electrons. The molecule has 33 heavy (non-hydrogen) atoms. The number of fused-ring (bicyclic) bond motifs is 2. The summed E-state index contributed by atoms with van der Waals surface area (Å²) in [5.41, 5.74) is 8.68. The smallest absolute Gasteiger partial charge is 0.138 e. The number of hydrogen-bond donors (Lipinski definition) is 2. The van der Waals surface area contributed by atoms with Crippen LogP contribution >= 0.6 is 0 Å². The van der Waals surface area contributed by atoms with Crippen LogP contribution in [0, 0.1) is 5.82 Å². The molecule has 0 amide bonds. The molecule has 2 N–H and O–H groups in total. The number of hydrogen-bond acceptors (Lipinski definition) is 2. The highest BCUT2D eigenvalue weighted by Gasteiger charge is 2.15. The molecule has 2 aromatic carbocycles. The summed E-state index contributed by atoms with van der Waals surface area (Å²) < 4.78 is 13.4. The predicted molar refractivity (Wildman–Crippen MR) is 134 cm³/mol. The lowest BCUT2D eigenvalue weighted by molar-refractivity contribution is 0.628. The Morgan fingerprint density at radius 1 is 1.03 bits per heavy atom. The van der Waals surface area contributed by atoms with Crippen LogP contribution in [0.5, 0.6) is 0 Å². The third-order valence-corrected chi connectivity index (χ3v) is 5.85. The van der Waals surface area contributed by atoms with E-state index in [1.807, 2.05) is 32.1 Å². The van der Waals surface area contributed by atoms with E-state index in [1.54, 1.807) is 18.3 Å². The molecule has 0 unspecified atom stereocenters. The summed E-state index contributed by atoms with van der Waals surface area (Å²) in [6.45, 7) is 7.92. The Bertz CT molecular complexity index is 1550. The van der Waals surface area contributed by atoms with E-state index in [2.05, 4.69) is 57.1 Å². The molecule has 0 atom stereocenters. The number of nitrogens with zero attached hydrogens (tertiary/aromatic N) is 2. The molecule has 5 heteroatoms. The number of halogens is 1. The number of rotatable bonds is 5. The Balaban J connectivity index is 1.63. The van der Waals surface area contributed by atoms with Gasteiger partial charge in [0.25, 0.3) is 0 Å². The molecule has 3 aromatic heterocycles. The summed E-state index contributed by atoms with van der Waals surface area (Å²) >= 11 is 0. The van der Waals surface area contributed by atoms with Gasteiger partial charge in [0.1, 0.15) is 17.2 Å². The first kappa shape index (κ1) is 20.6. The lowest BCUT2D eigenvalue weighted by atomic mass is 10.00. The summed E-state index contributed by atoms with van der Waals surface area (Å²) in [4.78, 5) is 7.91. The fourth-order valence-corrected chi connectivity index (χ4v) is 4.07. The molecule has 0 saturated carbocycles. The molecule has 0 spiro atoms. The Kier molecular flexibility index (Phi) is 5.23. The van der Waals surface area contributed by atoms with Crippen LogP contribution in [-0.4, -0.2) is 20.2 Å². The molecule has 0 bridgehead atoms. The van der Waals surface area contributed by atoms with Gasteiger partial charge in [-0.05, 0) is 72.5 Å². The van der Waals surface area contributed by atoms with Crippen LogP contribution in [0.4, 0.5) is 4.39 Å². The van der Waals surface area contributed by atoms with Crippen molar-refractivity contribution in [2.24, 2.45) is 0 Å². The van der Waals surface area contributed by atoms with Crippen molar-refractivity contribution in [3.8, 4) is 22.5 Å². The first-order valence-corrected chi connectivity index (χ1v) is 10.8. The average molecular weight is 435 g/mol. The van der Waals surface area contributed by atoms with E-state index >= 15 is 0 Å². The average Bonchev–Trinajstić information content (AvgIpc) is 3.46. The van der Waals surface area contributed by atoms with Gasteiger partial charge in [-0.25, -0.2) is 9.37 Å². The van der Waals surface area contributed by atoms with Crippen molar-refractivity contribution in [3.63, 3.8) is 0 Å². The molecule has 0 aliphatic heterocycles. The second-order valence-corrected chi connectivity index (χ2v) is 7.98. The van der Waals surface area contributed by atoms with E-state index in [0.717, 1.165) is 61.2 Å². The van der Waals surface area contributed by atoms with Gasteiger partial charge in [0.05, 0.1) is 11.2 Å². The Labute approximate surface area is 191 Å². The van der Waals surface area contributed by atoms with E-state index in [-0.39, 0.29) is 5.82 Å². The van der Waals surface area contributed by atoms with Gasteiger partial charge >= 0.3 is 0 Å². The zero-order chi connectivity index (χ0) is 22.9. The highest BCUT2D eigenvalue weighted by molar-refractivity contribution is 6.00. The van der Waals surface area contributed by atoms with Crippen LogP contribution in [0.3, 0.4) is 0 Å². The lowest BCUT2D eigenvalue weighted by Crippen LogP contribution is -1.84. The second-order valence-electron chi connectivity index (χ2n) is 7.98. The largest absolute Gasteiger partial charge is 0.338 e. The van der Waals surface area contributed by atoms with Crippen LogP contribution in [0.1, 0.15) is 19.4 Å². The molecule has 0 fully saturated rings. The molecule has 5 rings (SSSR count). The predicted octanol–water partition coefficient (Wildman–Crippen LogP) is 7.45. The maximum atomic E-state index is 13.4. The zero-order valence-corrected chi connectivity index (χ0v) is 18.5. The highest BCUT2D eigenvalue weighted by Crippen LogP contribution is 2.34. The number of benzene rings is 2. The Hall–Kier alpha value is -4.25. The van der Waals surface area contributed by atoms with Gasteiger partial charge in [0.15, 0.2) is 0 Å². The topological polar surface area (TPSA) is 57.4 Å². The molecule has 0 radical (unpaired) electrons. The molecule has 0 saturated heterocycles. The standard InChI is InChI=1S/C28H23FN4/c1-4-17(3)14-18(5-2)20-8-11-25-24(15-20)27(33-32-25)26-16-23-22(12-13-30-28(23)31-26)19-6-9-21(29)10-7-19/h4-16H,1H2,2-3H3,(H,30,31)(H,32,33)/b17-14-,18-5+. The fraction of sp³-hybridized carbons (Fsp3) is 0.0714. The number of H-pyrrole nitrogens is 2. The van der Waals surface area contributed by atoms with Crippen LogP contribution in [0.15, 0.2) is 91.2 Å². The Morgan fingerprint density at radius 2 is 1.85 bits per heavy atom. The van der Waals surface area contributed by atoms with E-state index in [4.69, 9.17) is 0 Å². The van der Waals surface area contributed by atoms with Crippen molar-refractivity contribution in [2.75, 3.05) is 0 Å². The summed E-state index contributed by atoms with van der Waals surface area (Å²) in [5, 5.41) is 9.71. The number of pyridine rings is 1. The van der Waals surface area contributed by atoms with E-state index in [0.29, 0.717) is 0 Å².